The van der Waals surface area contributed by atoms with Crippen molar-refractivity contribution >= 4 is 40.8 Å². The maximum atomic E-state index is 11.4. The molecule has 11 nitrogen and oxygen atoms in total. The van der Waals surface area contributed by atoms with Gasteiger partial charge >= 0.3 is 0 Å². The molecule has 0 bridgehead atoms. The number of anilines is 1. The first-order valence-corrected chi connectivity index (χ1v) is 12.5. The Morgan fingerprint density at radius 3 is 2.67 bits per heavy atom. The predicted octanol–water partition coefficient (Wildman–Crippen LogP) is 1.80. The number of aliphatic imine (C=N–C) groups is 1. The molecule has 0 aliphatic carbocycles. The third-order valence-electron chi connectivity index (χ3n) is 6.65. The number of hydrogen-bond donors (Lipinski definition) is 3. The molecule has 2 aliphatic heterocycles. The molecule has 13 heteroatoms. The summed E-state index contributed by atoms with van der Waals surface area (Å²) in [5.74, 6) is 0.635. The van der Waals surface area contributed by atoms with E-state index in [0.29, 0.717) is 15.9 Å². The number of pyridine rings is 1. The number of aromatic nitrogens is 5. The van der Waals surface area contributed by atoms with E-state index in [1.54, 1.807) is 30.7 Å². The number of primary amides is 1. The Morgan fingerprint density at radius 2 is 2.00 bits per heavy atom. The molecule has 36 heavy (non-hydrogen) atoms. The van der Waals surface area contributed by atoms with Gasteiger partial charge in [0.15, 0.2) is 5.82 Å². The Balaban J connectivity index is 1.25. The maximum Gasteiger partial charge on any atom is 0.251 e. The molecule has 0 saturated carbocycles. The number of hydrogen-bond acceptors (Lipinski definition) is 10. The number of nitrogens with zero attached hydrogens (tertiary/aromatic N) is 7. The minimum atomic E-state index is -0.574. The largest absolute Gasteiger partial charge is 0.405 e. The molecule has 3 aromatic rings. The topological polar surface area (TPSA) is 167 Å². The first-order chi connectivity index (χ1) is 17.4. The van der Waals surface area contributed by atoms with Gasteiger partial charge in [0, 0.05) is 42.3 Å². The van der Waals surface area contributed by atoms with Gasteiger partial charge in [-0.05, 0) is 31.2 Å². The molecule has 1 atom stereocenters. The second kappa shape index (κ2) is 9.88. The minimum Gasteiger partial charge on any atom is -0.405 e. The Kier molecular flexibility index (Phi) is 6.65. The molecule has 186 valence electrons. The lowest BCUT2D eigenvalue weighted by Crippen LogP contribution is -2.51. The quantitative estimate of drug-likeness (QED) is 0.435. The molecule has 1 unspecified atom stereocenters. The van der Waals surface area contributed by atoms with Gasteiger partial charge in [0.1, 0.15) is 10.8 Å². The lowest BCUT2D eigenvalue weighted by molar-refractivity contribution is 0.100. The fraction of sp³-hybridized carbons (Fsp3) is 0.304. The number of amides is 1. The van der Waals surface area contributed by atoms with E-state index >= 15 is 0 Å². The van der Waals surface area contributed by atoms with E-state index in [1.807, 2.05) is 0 Å². The van der Waals surface area contributed by atoms with Crippen molar-refractivity contribution in [3.8, 4) is 5.82 Å². The standard InChI is InChI=1S/C23H25ClN10OS/c24-19-16(2-6-28-22(19)34-12-14(9-32-34)21(27)35)36-18-11-29-17(10-30-18)33-7-3-23(4-8-33)13-31-15(1-5-25)20(23)26/h1-2,5-6,9-12,20H,3-4,7-8,13,25-26H2,(H2,27,35)/b5-1-. The van der Waals surface area contributed by atoms with E-state index in [4.69, 9.17) is 28.8 Å². The van der Waals surface area contributed by atoms with Crippen LogP contribution in [0.25, 0.3) is 5.82 Å². The lowest BCUT2D eigenvalue weighted by Gasteiger charge is -2.41. The van der Waals surface area contributed by atoms with Crippen molar-refractivity contribution in [2.75, 3.05) is 24.5 Å². The molecule has 0 aromatic carbocycles. The van der Waals surface area contributed by atoms with Gasteiger partial charge in [-0.3, -0.25) is 9.79 Å². The number of nitrogens with two attached hydrogens (primary N) is 3. The average Bonchev–Trinajstić information content (AvgIpc) is 3.49. The van der Waals surface area contributed by atoms with Crippen LogP contribution >= 0.6 is 23.4 Å². The molecular formula is C23H25ClN10OS. The summed E-state index contributed by atoms with van der Waals surface area (Å²) >= 11 is 7.96. The monoisotopic (exact) mass is 524 g/mol. The van der Waals surface area contributed by atoms with Crippen LogP contribution in [0, 0.1) is 5.41 Å². The van der Waals surface area contributed by atoms with Gasteiger partial charge in [-0.2, -0.15) is 5.10 Å². The van der Waals surface area contributed by atoms with Crippen LogP contribution in [0.4, 0.5) is 5.82 Å². The Morgan fingerprint density at radius 1 is 1.19 bits per heavy atom. The first-order valence-electron chi connectivity index (χ1n) is 11.3. The van der Waals surface area contributed by atoms with E-state index in [2.05, 4.69) is 29.9 Å². The van der Waals surface area contributed by atoms with Crippen LogP contribution in [-0.2, 0) is 0 Å². The van der Waals surface area contributed by atoms with E-state index in [0.717, 1.165) is 48.9 Å². The zero-order valence-electron chi connectivity index (χ0n) is 19.3. The van der Waals surface area contributed by atoms with Crippen LogP contribution in [0.3, 0.4) is 0 Å². The SMILES string of the molecule is N/C=C\C1=NCC2(CCN(c3cnc(Sc4ccnc(-n5cc(C(N)=O)cn5)c4Cl)cn3)CC2)C1N. The predicted molar refractivity (Wildman–Crippen MR) is 139 cm³/mol. The third kappa shape index (κ3) is 4.54. The van der Waals surface area contributed by atoms with Gasteiger partial charge in [-0.25, -0.2) is 19.6 Å². The lowest BCUT2D eigenvalue weighted by atomic mass is 9.73. The molecule has 1 spiro atoms. The molecule has 6 N–H and O–H groups in total. The highest BCUT2D eigenvalue weighted by Crippen LogP contribution is 2.40. The highest BCUT2D eigenvalue weighted by Gasteiger charge is 2.45. The first kappa shape index (κ1) is 24.2. The summed E-state index contributed by atoms with van der Waals surface area (Å²) in [6.07, 6.45) is 13.1. The van der Waals surface area contributed by atoms with Crippen LogP contribution in [0.5, 0.6) is 0 Å². The van der Waals surface area contributed by atoms with Crippen LogP contribution in [0.1, 0.15) is 23.2 Å². The normalized spacial score (nSPS) is 19.2. The van der Waals surface area contributed by atoms with E-state index < -0.39 is 5.91 Å². The number of halogens is 1. The van der Waals surface area contributed by atoms with Gasteiger partial charge in [-0.1, -0.05) is 23.4 Å². The van der Waals surface area contributed by atoms with E-state index in [1.165, 1.54) is 35.0 Å². The van der Waals surface area contributed by atoms with Crippen molar-refractivity contribution in [1.82, 2.24) is 24.7 Å². The highest BCUT2D eigenvalue weighted by atomic mass is 35.5. The smallest absolute Gasteiger partial charge is 0.251 e. The molecule has 5 heterocycles. The summed E-state index contributed by atoms with van der Waals surface area (Å²) in [6, 6.07) is 1.69. The molecule has 2 aliphatic rings. The van der Waals surface area contributed by atoms with Crippen LogP contribution < -0.4 is 22.1 Å². The highest BCUT2D eigenvalue weighted by molar-refractivity contribution is 7.99. The second-order valence-electron chi connectivity index (χ2n) is 8.73. The summed E-state index contributed by atoms with van der Waals surface area (Å²) in [7, 11) is 0. The second-order valence-corrected chi connectivity index (χ2v) is 10.2. The fourth-order valence-corrected chi connectivity index (χ4v) is 5.58. The zero-order valence-corrected chi connectivity index (χ0v) is 20.9. The van der Waals surface area contributed by atoms with Crippen LogP contribution in [-0.4, -0.2) is 62.0 Å². The molecule has 1 amide bonds. The minimum absolute atomic E-state index is 0.0167. The molecule has 3 aromatic heterocycles. The number of carbonyl (C=O) groups excluding carboxylic acids is 1. The van der Waals surface area contributed by atoms with Crippen molar-refractivity contribution in [2.24, 2.45) is 27.6 Å². The molecular weight excluding hydrogens is 500 g/mol. The van der Waals surface area contributed by atoms with Gasteiger partial charge in [0.25, 0.3) is 5.91 Å². The van der Waals surface area contributed by atoms with Crippen LogP contribution in [0.15, 0.2) is 64.2 Å². The van der Waals surface area contributed by atoms with Crippen LogP contribution in [0.2, 0.25) is 5.02 Å². The van der Waals surface area contributed by atoms with E-state index in [9.17, 15) is 4.79 Å². The Hall–Kier alpha value is -3.48. The number of piperidine rings is 1. The van der Waals surface area contributed by atoms with E-state index in [-0.39, 0.29) is 17.0 Å². The maximum absolute atomic E-state index is 11.4. The van der Waals surface area contributed by atoms with Gasteiger partial charge < -0.3 is 22.1 Å². The third-order valence-corrected chi connectivity index (χ3v) is 8.12. The number of rotatable bonds is 6. The van der Waals surface area contributed by atoms with Gasteiger partial charge in [0.05, 0.1) is 40.9 Å². The Bertz CT molecular complexity index is 1330. The summed E-state index contributed by atoms with van der Waals surface area (Å²) in [6.45, 7) is 2.40. The fourth-order valence-electron chi connectivity index (χ4n) is 4.52. The molecule has 1 fully saturated rings. The molecule has 0 radical (unpaired) electrons. The zero-order chi connectivity index (χ0) is 25.3. The van der Waals surface area contributed by atoms with Crippen molar-refractivity contribution in [2.45, 2.75) is 28.8 Å². The van der Waals surface area contributed by atoms with Crippen molar-refractivity contribution in [3.63, 3.8) is 0 Å². The molecule has 1 saturated heterocycles. The average molecular weight is 525 g/mol. The summed E-state index contributed by atoms with van der Waals surface area (Å²) in [5, 5.41) is 5.20. The summed E-state index contributed by atoms with van der Waals surface area (Å²) < 4.78 is 1.42. The number of carbonyl (C=O) groups is 1. The van der Waals surface area contributed by atoms with Gasteiger partial charge in [-0.15, -0.1) is 0 Å². The summed E-state index contributed by atoms with van der Waals surface area (Å²) in [4.78, 5) is 32.4. The van der Waals surface area contributed by atoms with Gasteiger partial charge in [0.2, 0.25) is 0 Å². The Labute approximate surface area is 216 Å². The summed E-state index contributed by atoms with van der Waals surface area (Å²) in [5.41, 5.74) is 18.5. The van der Waals surface area contributed by atoms with Crippen molar-refractivity contribution in [1.29, 1.82) is 0 Å². The van der Waals surface area contributed by atoms with Crippen molar-refractivity contribution in [3.05, 3.63) is 59.9 Å². The molecule has 5 rings (SSSR count). The van der Waals surface area contributed by atoms with Crippen molar-refractivity contribution < 1.29 is 4.79 Å².